The highest BCUT2D eigenvalue weighted by atomic mass is 32.1. The highest BCUT2D eigenvalue weighted by molar-refractivity contribution is 7.80. The van der Waals surface area contributed by atoms with E-state index < -0.39 is 30.1 Å². The normalized spacial score (nSPS) is 15.4. The first-order valence-corrected chi connectivity index (χ1v) is 19.1. The van der Waals surface area contributed by atoms with Crippen LogP contribution in [-0.2, 0) is 43.4 Å². The van der Waals surface area contributed by atoms with Crippen LogP contribution in [0.25, 0.3) is 10.8 Å². The number of hydrogen-bond donors (Lipinski definition) is 5. The Morgan fingerprint density at radius 2 is 1.47 bits per heavy atom. The minimum absolute atomic E-state index is 0.0165. The SMILES string of the molecule is Cc1ccc2cc(OC(=O)OCCOCCNC(=S)Nc3ccc(CC4CN(CC(=O)O)CCN(CC(=O)O)Cc5cccc(n5)CN4CC(=O)O)cc3)ccc2c1. The number of carboxylic acids is 3. The number of thiocarbonyl (C=S) groups is 1. The van der Waals surface area contributed by atoms with Crippen molar-refractivity contribution in [2.45, 2.75) is 32.5 Å². The average molecular weight is 817 g/mol. The van der Waals surface area contributed by atoms with Crippen molar-refractivity contribution in [3.05, 3.63) is 101 Å². The van der Waals surface area contributed by atoms with E-state index in [-0.39, 0.29) is 65.6 Å². The fourth-order valence-electron chi connectivity index (χ4n) is 6.58. The van der Waals surface area contributed by atoms with E-state index in [1.54, 1.807) is 39.0 Å². The third-order valence-electron chi connectivity index (χ3n) is 9.22. The van der Waals surface area contributed by atoms with Crippen LogP contribution in [-0.4, -0.2) is 136 Å². The highest BCUT2D eigenvalue weighted by Gasteiger charge is 2.27. The number of pyridine rings is 1. The maximum Gasteiger partial charge on any atom is 0.513 e. The van der Waals surface area contributed by atoms with Crippen molar-refractivity contribution in [3.63, 3.8) is 0 Å². The summed E-state index contributed by atoms with van der Waals surface area (Å²) in [6, 6.07) is 23.8. The molecule has 1 aliphatic heterocycles. The van der Waals surface area contributed by atoms with Gasteiger partial charge in [0.15, 0.2) is 5.11 Å². The van der Waals surface area contributed by atoms with Gasteiger partial charge in [0.2, 0.25) is 0 Å². The molecule has 4 aromatic rings. The lowest BCUT2D eigenvalue weighted by atomic mass is 10.0. The van der Waals surface area contributed by atoms with Gasteiger partial charge in [-0.2, -0.15) is 0 Å². The number of nitrogens with zero attached hydrogens (tertiary/aromatic N) is 4. The summed E-state index contributed by atoms with van der Waals surface area (Å²) >= 11 is 5.44. The lowest BCUT2D eigenvalue weighted by Gasteiger charge is -2.36. The van der Waals surface area contributed by atoms with E-state index in [0.717, 1.165) is 21.9 Å². The number of aliphatic carboxylic acids is 3. The molecule has 5 rings (SSSR count). The van der Waals surface area contributed by atoms with Crippen molar-refractivity contribution in [1.29, 1.82) is 0 Å². The predicted octanol–water partition coefficient (Wildman–Crippen LogP) is 3.85. The van der Waals surface area contributed by atoms with Crippen molar-refractivity contribution in [2.24, 2.45) is 0 Å². The quantitative estimate of drug-likeness (QED) is 0.0472. The second-order valence-electron chi connectivity index (χ2n) is 13.9. The number of carboxylic acid groups (broad SMARTS) is 3. The molecule has 0 saturated heterocycles. The third kappa shape index (κ3) is 14.7. The molecule has 0 aliphatic carbocycles. The third-order valence-corrected chi connectivity index (χ3v) is 9.47. The number of ether oxygens (including phenoxy) is 3. The molecule has 5 N–H and O–H groups in total. The number of aryl methyl sites for hydroxylation is 1. The molecule has 0 fully saturated rings. The van der Waals surface area contributed by atoms with Gasteiger partial charge in [-0.3, -0.25) is 34.1 Å². The van der Waals surface area contributed by atoms with E-state index in [4.69, 9.17) is 31.4 Å². The fourth-order valence-corrected chi connectivity index (χ4v) is 6.80. The largest absolute Gasteiger partial charge is 0.513 e. The van der Waals surface area contributed by atoms with Gasteiger partial charge in [0.05, 0.1) is 44.2 Å². The number of anilines is 1. The van der Waals surface area contributed by atoms with E-state index in [0.29, 0.717) is 47.5 Å². The lowest BCUT2D eigenvalue weighted by Crippen LogP contribution is -2.50. The Balaban J connectivity index is 1.10. The summed E-state index contributed by atoms with van der Waals surface area (Å²) in [7, 11) is 0. The average Bonchev–Trinajstić information content (AvgIpc) is 3.16. The molecular weight excluding hydrogens is 769 g/mol. The van der Waals surface area contributed by atoms with E-state index in [2.05, 4.69) is 16.7 Å². The summed E-state index contributed by atoms with van der Waals surface area (Å²) in [4.78, 5) is 57.6. The molecule has 2 bridgehead atoms. The van der Waals surface area contributed by atoms with Gasteiger partial charge in [0, 0.05) is 51.0 Å². The Labute approximate surface area is 341 Å². The number of rotatable bonds is 16. The second kappa shape index (κ2) is 21.7. The van der Waals surface area contributed by atoms with Crippen molar-refractivity contribution < 1.29 is 48.7 Å². The van der Waals surface area contributed by atoms with Crippen LogP contribution in [0.5, 0.6) is 5.75 Å². The van der Waals surface area contributed by atoms with Crippen molar-refractivity contribution in [3.8, 4) is 5.75 Å². The number of nitrogens with one attached hydrogen (secondary N) is 2. The molecule has 17 heteroatoms. The molecule has 0 amide bonds. The molecule has 1 unspecified atom stereocenters. The molecular formula is C41H48N6O10S. The number of hydrogen-bond acceptors (Lipinski definition) is 12. The molecule has 0 radical (unpaired) electrons. The highest BCUT2D eigenvalue weighted by Crippen LogP contribution is 2.23. The van der Waals surface area contributed by atoms with Gasteiger partial charge in [0.1, 0.15) is 12.4 Å². The van der Waals surface area contributed by atoms with Gasteiger partial charge in [-0.05, 0) is 78.3 Å². The first kappa shape index (κ1) is 43.4. The maximum absolute atomic E-state index is 12.1. The zero-order valence-corrected chi connectivity index (χ0v) is 33.0. The van der Waals surface area contributed by atoms with E-state index >= 15 is 0 Å². The molecule has 16 nitrogen and oxygen atoms in total. The van der Waals surface area contributed by atoms with E-state index in [9.17, 15) is 34.5 Å². The summed E-state index contributed by atoms with van der Waals surface area (Å²) in [6.45, 7) is 3.25. The molecule has 308 valence electrons. The van der Waals surface area contributed by atoms with Gasteiger partial charge in [-0.25, -0.2) is 4.79 Å². The molecule has 1 aromatic heterocycles. The van der Waals surface area contributed by atoms with Crippen LogP contribution in [0.2, 0.25) is 0 Å². The summed E-state index contributed by atoms with van der Waals surface area (Å²) in [5.74, 6) is -2.69. The smallest absolute Gasteiger partial charge is 0.480 e. The Kier molecular flexibility index (Phi) is 16.2. The van der Waals surface area contributed by atoms with Crippen LogP contribution in [0.4, 0.5) is 10.5 Å². The summed E-state index contributed by atoms with van der Waals surface area (Å²) < 4.78 is 15.9. The number of fused-ring (bicyclic) bond motifs is 3. The Hall–Kier alpha value is -5.72. The van der Waals surface area contributed by atoms with Crippen LogP contribution in [0.3, 0.4) is 0 Å². The van der Waals surface area contributed by atoms with Crippen LogP contribution >= 0.6 is 12.2 Å². The number of carbonyl (C=O) groups is 4. The number of benzene rings is 3. The van der Waals surface area contributed by atoms with Crippen LogP contribution in [0.1, 0.15) is 22.5 Å². The molecule has 0 saturated carbocycles. The standard InChI is InChI=1S/C41H48N6O10S/c1-28-5-8-31-21-36(12-9-30(31)19-28)57-41(54)56-18-17-55-16-13-42-40(58)44-32-10-6-29(7-11-32)20-35-24-46(26-38(50)51)15-14-45(25-37(48)49)22-33-3-2-4-34(43-33)23-47(35)27-39(52)53/h2-12,19,21,35H,13-18,20,22-27H2,1H3,(H,48,49)(H,50,51)(H,52,53)(H2,42,44,58). The van der Waals surface area contributed by atoms with Crippen molar-refractivity contribution in [2.75, 3.05) is 71.0 Å². The zero-order chi connectivity index (χ0) is 41.4. The monoisotopic (exact) mass is 816 g/mol. The van der Waals surface area contributed by atoms with Gasteiger partial charge in [-0.15, -0.1) is 0 Å². The molecule has 1 atom stereocenters. The first-order chi connectivity index (χ1) is 27.9. The Morgan fingerprint density at radius 3 is 2.21 bits per heavy atom. The van der Waals surface area contributed by atoms with Gasteiger partial charge >= 0.3 is 24.1 Å². The van der Waals surface area contributed by atoms with E-state index in [1.807, 2.05) is 55.5 Å². The topological polar surface area (TPSA) is 203 Å². The van der Waals surface area contributed by atoms with E-state index in [1.165, 1.54) is 0 Å². The van der Waals surface area contributed by atoms with Gasteiger partial charge in [-0.1, -0.05) is 48.0 Å². The number of carbonyl (C=O) groups excluding carboxylic acids is 1. The molecule has 3 aromatic carbocycles. The fraction of sp³-hybridized carbons (Fsp3) is 0.366. The molecule has 2 heterocycles. The molecule has 1 aliphatic rings. The second-order valence-corrected chi connectivity index (χ2v) is 14.3. The summed E-state index contributed by atoms with van der Waals surface area (Å²) in [5.41, 5.74) is 4.00. The molecule has 0 spiro atoms. The van der Waals surface area contributed by atoms with Crippen LogP contribution in [0, 0.1) is 6.92 Å². The summed E-state index contributed by atoms with van der Waals surface area (Å²) in [6.07, 6.45) is -0.422. The minimum atomic E-state index is -1.04. The predicted molar refractivity (Wildman–Crippen MR) is 219 cm³/mol. The zero-order valence-electron chi connectivity index (χ0n) is 32.2. The maximum atomic E-state index is 12.1. The Bertz CT molecular complexity index is 2050. The number of aromatic nitrogens is 1. The van der Waals surface area contributed by atoms with Gasteiger partial charge < -0.3 is 40.2 Å². The first-order valence-electron chi connectivity index (χ1n) is 18.7. The van der Waals surface area contributed by atoms with Crippen molar-refractivity contribution in [1.82, 2.24) is 25.0 Å². The summed E-state index contributed by atoms with van der Waals surface area (Å²) in [5, 5.41) is 37.7. The minimum Gasteiger partial charge on any atom is -0.480 e. The van der Waals surface area contributed by atoms with Crippen molar-refractivity contribution >= 4 is 57.9 Å². The molecule has 58 heavy (non-hydrogen) atoms. The van der Waals surface area contributed by atoms with Crippen LogP contribution in [0.15, 0.2) is 78.9 Å². The lowest BCUT2D eigenvalue weighted by molar-refractivity contribution is -0.141. The van der Waals surface area contributed by atoms with Gasteiger partial charge in [0.25, 0.3) is 0 Å². The Morgan fingerprint density at radius 1 is 0.793 bits per heavy atom. The van der Waals surface area contributed by atoms with Crippen LogP contribution < -0.4 is 15.4 Å².